The molecule has 1 aromatic carbocycles. The van der Waals surface area contributed by atoms with Crippen LogP contribution in [-0.4, -0.2) is 25.1 Å². The highest BCUT2D eigenvalue weighted by atomic mass is 32.1. The van der Waals surface area contributed by atoms with E-state index in [2.05, 4.69) is 10.3 Å². The van der Waals surface area contributed by atoms with Gasteiger partial charge in [-0.2, -0.15) is 0 Å². The number of aryl methyl sites for hydroxylation is 1. The number of benzene rings is 1. The van der Waals surface area contributed by atoms with Crippen LogP contribution in [-0.2, 0) is 12.8 Å². The molecule has 26 heavy (non-hydrogen) atoms. The number of thiophene rings is 1. The normalized spacial score (nSPS) is 13.5. The van der Waals surface area contributed by atoms with E-state index in [9.17, 15) is 4.79 Å². The molecule has 0 bridgehead atoms. The number of hydrogen-bond donors (Lipinski definition) is 2. The van der Waals surface area contributed by atoms with Crippen LogP contribution >= 0.6 is 22.7 Å². The molecule has 2 heterocycles. The molecule has 8 heteroatoms. The van der Waals surface area contributed by atoms with Crippen LogP contribution in [0.4, 0.5) is 10.1 Å². The number of ether oxygens (including phenoxy) is 2. The number of methoxy groups -OCH3 is 2. The van der Waals surface area contributed by atoms with Gasteiger partial charge in [-0.25, -0.2) is 4.98 Å². The van der Waals surface area contributed by atoms with E-state index >= 15 is 0 Å². The van der Waals surface area contributed by atoms with E-state index in [1.807, 2.05) is 12.1 Å². The maximum Gasteiger partial charge on any atom is 0.251 e. The van der Waals surface area contributed by atoms with Gasteiger partial charge in [0.2, 0.25) is 0 Å². The SMILES string of the molecule is COc1cc(OC)c2nc(Nc3sc4c(c3C(N)=O)CCCC4)sc2c1. The first-order chi connectivity index (χ1) is 12.6. The molecule has 3 aromatic rings. The summed E-state index contributed by atoms with van der Waals surface area (Å²) in [6.45, 7) is 0. The van der Waals surface area contributed by atoms with Gasteiger partial charge >= 0.3 is 0 Å². The number of carbonyl (C=O) groups excluding carboxylic acids is 1. The fourth-order valence-electron chi connectivity index (χ4n) is 3.31. The van der Waals surface area contributed by atoms with E-state index in [1.165, 1.54) is 16.2 Å². The molecular weight excluding hydrogens is 370 g/mol. The van der Waals surface area contributed by atoms with Crippen LogP contribution in [0.2, 0.25) is 0 Å². The smallest absolute Gasteiger partial charge is 0.251 e. The minimum atomic E-state index is -0.382. The largest absolute Gasteiger partial charge is 0.497 e. The van der Waals surface area contributed by atoms with Crippen LogP contribution in [0.5, 0.6) is 11.5 Å². The second-order valence-corrected chi connectivity index (χ2v) is 8.24. The van der Waals surface area contributed by atoms with Gasteiger partial charge in [0, 0.05) is 10.9 Å². The number of nitrogens with two attached hydrogens (primary N) is 1. The molecule has 0 fully saturated rings. The molecule has 0 radical (unpaired) electrons. The first-order valence-electron chi connectivity index (χ1n) is 8.34. The van der Waals surface area contributed by atoms with Gasteiger partial charge in [-0.1, -0.05) is 11.3 Å². The van der Waals surface area contributed by atoms with E-state index in [4.69, 9.17) is 15.2 Å². The molecule has 0 saturated heterocycles. The summed E-state index contributed by atoms with van der Waals surface area (Å²) in [7, 11) is 3.23. The Kier molecular flexibility index (Phi) is 4.46. The Morgan fingerprint density at radius 2 is 2.00 bits per heavy atom. The van der Waals surface area contributed by atoms with Gasteiger partial charge < -0.3 is 20.5 Å². The molecule has 0 saturated carbocycles. The number of aromatic nitrogens is 1. The lowest BCUT2D eigenvalue weighted by molar-refractivity contribution is 0.100. The van der Waals surface area contributed by atoms with E-state index in [0.717, 1.165) is 46.5 Å². The zero-order valence-corrected chi connectivity index (χ0v) is 16.2. The molecule has 0 spiro atoms. The van der Waals surface area contributed by atoms with Crippen LogP contribution in [0.3, 0.4) is 0 Å². The molecule has 6 nitrogen and oxygen atoms in total. The summed E-state index contributed by atoms with van der Waals surface area (Å²) in [6.07, 6.45) is 4.17. The molecule has 1 amide bonds. The van der Waals surface area contributed by atoms with Crippen molar-refractivity contribution in [3.8, 4) is 11.5 Å². The van der Waals surface area contributed by atoms with Gasteiger partial charge in [0.25, 0.3) is 5.91 Å². The van der Waals surface area contributed by atoms with Crippen molar-refractivity contribution in [3.63, 3.8) is 0 Å². The monoisotopic (exact) mass is 389 g/mol. The second-order valence-electron chi connectivity index (χ2n) is 6.10. The lowest BCUT2D eigenvalue weighted by atomic mass is 9.95. The van der Waals surface area contributed by atoms with E-state index < -0.39 is 0 Å². The molecule has 3 N–H and O–H groups in total. The van der Waals surface area contributed by atoms with Crippen molar-refractivity contribution in [1.29, 1.82) is 0 Å². The van der Waals surface area contributed by atoms with Crippen LogP contribution in [0.25, 0.3) is 10.2 Å². The number of rotatable bonds is 5. The number of nitrogens with one attached hydrogen (secondary N) is 1. The Morgan fingerprint density at radius 1 is 1.19 bits per heavy atom. The molecule has 0 atom stereocenters. The van der Waals surface area contributed by atoms with Gasteiger partial charge in [0.05, 0.1) is 24.5 Å². The average Bonchev–Trinajstić information content (AvgIpc) is 3.20. The summed E-state index contributed by atoms with van der Waals surface area (Å²) >= 11 is 3.10. The van der Waals surface area contributed by atoms with Gasteiger partial charge in [0.15, 0.2) is 5.13 Å². The number of carbonyl (C=O) groups is 1. The summed E-state index contributed by atoms with van der Waals surface area (Å²) in [5.41, 5.74) is 8.16. The predicted octanol–water partition coefficient (Wildman–Crippen LogP) is 4.10. The maximum absolute atomic E-state index is 12.0. The molecule has 1 aliphatic carbocycles. The number of fused-ring (bicyclic) bond motifs is 2. The quantitative estimate of drug-likeness (QED) is 0.686. The zero-order valence-electron chi connectivity index (χ0n) is 14.5. The fraction of sp³-hybridized carbons (Fsp3) is 0.333. The minimum absolute atomic E-state index is 0.382. The Hall–Kier alpha value is -2.32. The number of thiazole rings is 1. The minimum Gasteiger partial charge on any atom is -0.497 e. The van der Waals surface area contributed by atoms with Gasteiger partial charge in [-0.15, -0.1) is 11.3 Å². The van der Waals surface area contributed by atoms with E-state index in [0.29, 0.717) is 22.2 Å². The molecule has 1 aliphatic rings. The van der Waals surface area contributed by atoms with Gasteiger partial charge in [-0.05, 0) is 37.3 Å². The van der Waals surface area contributed by atoms with Crippen molar-refractivity contribution in [2.24, 2.45) is 5.73 Å². The summed E-state index contributed by atoms with van der Waals surface area (Å²) < 4.78 is 11.7. The Morgan fingerprint density at radius 3 is 2.73 bits per heavy atom. The van der Waals surface area contributed by atoms with Crippen LogP contribution in [0, 0.1) is 0 Å². The van der Waals surface area contributed by atoms with Crippen LogP contribution < -0.4 is 20.5 Å². The third-order valence-electron chi connectivity index (χ3n) is 4.53. The number of nitrogens with zero attached hydrogens (tertiary/aromatic N) is 1. The van der Waals surface area contributed by atoms with Crippen molar-refractivity contribution in [1.82, 2.24) is 4.98 Å². The second kappa shape index (κ2) is 6.77. The molecule has 2 aromatic heterocycles. The van der Waals surface area contributed by atoms with Gasteiger partial charge in [-0.3, -0.25) is 4.79 Å². The Balaban J connectivity index is 1.76. The number of anilines is 2. The molecule has 0 aliphatic heterocycles. The van der Waals surface area contributed by atoms with E-state index in [1.54, 1.807) is 25.6 Å². The molecule has 0 unspecified atom stereocenters. The lowest BCUT2D eigenvalue weighted by Gasteiger charge is -2.11. The highest BCUT2D eigenvalue weighted by Crippen LogP contribution is 2.42. The van der Waals surface area contributed by atoms with Crippen molar-refractivity contribution in [2.75, 3.05) is 19.5 Å². The van der Waals surface area contributed by atoms with Crippen molar-refractivity contribution < 1.29 is 14.3 Å². The fourth-order valence-corrected chi connectivity index (χ4v) is 5.59. The molecule has 4 rings (SSSR count). The number of primary amides is 1. The van der Waals surface area contributed by atoms with Crippen LogP contribution in [0.1, 0.15) is 33.6 Å². The third kappa shape index (κ3) is 2.89. The standard InChI is InChI=1S/C18H19N3O3S2/c1-23-9-7-11(24-2)15-13(8-9)26-18(20-15)21-17-14(16(19)22)10-5-3-4-6-12(10)25-17/h7-8H,3-6H2,1-2H3,(H2,19,22)(H,20,21). The summed E-state index contributed by atoms with van der Waals surface area (Å²) in [4.78, 5) is 17.9. The first kappa shape index (κ1) is 17.1. The Bertz CT molecular complexity index is 993. The number of amides is 1. The van der Waals surface area contributed by atoms with Crippen LogP contribution in [0.15, 0.2) is 12.1 Å². The zero-order chi connectivity index (χ0) is 18.3. The third-order valence-corrected chi connectivity index (χ3v) is 6.65. The summed E-state index contributed by atoms with van der Waals surface area (Å²) in [5.74, 6) is 0.991. The topological polar surface area (TPSA) is 86.5 Å². The summed E-state index contributed by atoms with van der Waals surface area (Å²) in [5, 5.41) is 4.81. The van der Waals surface area contributed by atoms with Crippen molar-refractivity contribution >= 4 is 48.9 Å². The highest BCUT2D eigenvalue weighted by Gasteiger charge is 2.24. The average molecular weight is 390 g/mol. The molecular formula is C18H19N3O3S2. The van der Waals surface area contributed by atoms with Crippen molar-refractivity contribution in [2.45, 2.75) is 25.7 Å². The maximum atomic E-state index is 12.0. The highest BCUT2D eigenvalue weighted by molar-refractivity contribution is 7.23. The lowest BCUT2D eigenvalue weighted by Crippen LogP contribution is -2.15. The summed E-state index contributed by atoms with van der Waals surface area (Å²) in [6, 6.07) is 3.74. The van der Waals surface area contributed by atoms with E-state index in [-0.39, 0.29) is 5.91 Å². The van der Waals surface area contributed by atoms with Gasteiger partial charge in [0.1, 0.15) is 22.0 Å². The van der Waals surface area contributed by atoms with Crippen molar-refractivity contribution in [3.05, 3.63) is 28.1 Å². The first-order valence-corrected chi connectivity index (χ1v) is 9.98. The number of hydrogen-bond acceptors (Lipinski definition) is 7. The predicted molar refractivity (Wildman–Crippen MR) is 105 cm³/mol. The molecule has 136 valence electrons. The Labute approximate surface area is 158 Å².